The van der Waals surface area contributed by atoms with Gasteiger partial charge >= 0.3 is 11.8 Å². The first-order valence-corrected chi connectivity index (χ1v) is 7.99. The lowest BCUT2D eigenvalue weighted by Crippen LogP contribution is -2.32. The fourth-order valence-electron chi connectivity index (χ4n) is 2.30. The van der Waals surface area contributed by atoms with Crippen molar-refractivity contribution < 1.29 is 23.8 Å². The van der Waals surface area contributed by atoms with E-state index in [1.54, 1.807) is 30.3 Å². The topological polar surface area (TPSA) is 98.2 Å². The predicted molar refractivity (Wildman–Crippen MR) is 102 cm³/mol. The van der Waals surface area contributed by atoms with Gasteiger partial charge in [0.05, 0.1) is 27.5 Å². The van der Waals surface area contributed by atoms with E-state index < -0.39 is 11.8 Å². The van der Waals surface area contributed by atoms with Crippen LogP contribution in [0.25, 0.3) is 0 Å². The van der Waals surface area contributed by atoms with Gasteiger partial charge in [-0.1, -0.05) is 12.1 Å². The SMILES string of the molecule is COc1cc(C=NNC(=O)C(=O)Nc2cccc(C)c2)cc(OC)c1OC. The molecule has 0 aromatic heterocycles. The molecule has 0 atom stereocenters. The van der Waals surface area contributed by atoms with E-state index in [1.807, 2.05) is 13.0 Å². The van der Waals surface area contributed by atoms with Gasteiger partial charge in [-0.3, -0.25) is 9.59 Å². The van der Waals surface area contributed by atoms with E-state index in [-0.39, 0.29) is 0 Å². The largest absolute Gasteiger partial charge is 0.493 e. The second-order valence-corrected chi connectivity index (χ2v) is 5.48. The summed E-state index contributed by atoms with van der Waals surface area (Å²) in [6.07, 6.45) is 1.36. The summed E-state index contributed by atoms with van der Waals surface area (Å²) in [5.41, 5.74) is 4.26. The van der Waals surface area contributed by atoms with E-state index in [4.69, 9.17) is 14.2 Å². The van der Waals surface area contributed by atoms with E-state index in [2.05, 4.69) is 15.8 Å². The van der Waals surface area contributed by atoms with Gasteiger partial charge in [-0.15, -0.1) is 0 Å². The Hall–Kier alpha value is -3.55. The predicted octanol–water partition coefficient (Wildman–Crippen LogP) is 2.11. The summed E-state index contributed by atoms with van der Waals surface area (Å²) in [5, 5.41) is 6.29. The van der Waals surface area contributed by atoms with Crippen molar-refractivity contribution in [2.75, 3.05) is 26.6 Å². The highest BCUT2D eigenvalue weighted by Gasteiger charge is 2.14. The lowest BCUT2D eigenvalue weighted by Gasteiger charge is -2.12. The van der Waals surface area contributed by atoms with Gasteiger partial charge < -0.3 is 19.5 Å². The highest BCUT2D eigenvalue weighted by molar-refractivity contribution is 6.39. The van der Waals surface area contributed by atoms with Gasteiger partial charge in [0.1, 0.15) is 0 Å². The first-order chi connectivity index (χ1) is 13.0. The number of anilines is 1. The van der Waals surface area contributed by atoms with Gasteiger partial charge in [0.2, 0.25) is 5.75 Å². The number of methoxy groups -OCH3 is 3. The fourth-order valence-corrected chi connectivity index (χ4v) is 2.30. The van der Waals surface area contributed by atoms with Crippen LogP contribution in [0, 0.1) is 6.92 Å². The highest BCUT2D eigenvalue weighted by atomic mass is 16.5. The Bertz CT molecular complexity index is 839. The van der Waals surface area contributed by atoms with Gasteiger partial charge in [-0.2, -0.15) is 5.10 Å². The van der Waals surface area contributed by atoms with Crippen molar-refractivity contribution in [2.45, 2.75) is 6.92 Å². The molecule has 0 saturated carbocycles. The summed E-state index contributed by atoms with van der Waals surface area (Å²) in [6, 6.07) is 10.4. The van der Waals surface area contributed by atoms with E-state index in [9.17, 15) is 9.59 Å². The van der Waals surface area contributed by atoms with E-state index in [0.717, 1.165) is 5.56 Å². The summed E-state index contributed by atoms with van der Waals surface area (Å²) >= 11 is 0. The summed E-state index contributed by atoms with van der Waals surface area (Å²) in [5.74, 6) is -0.370. The highest BCUT2D eigenvalue weighted by Crippen LogP contribution is 2.37. The Morgan fingerprint density at radius 3 is 2.19 bits per heavy atom. The Morgan fingerprint density at radius 2 is 1.63 bits per heavy atom. The van der Waals surface area contributed by atoms with Gasteiger partial charge in [0.15, 0.2) is 11.5 Å². The maximum absolute atomic E-state index is 11.9. The van der Waals surface area contributed by atoms with Crippen LogP contribution in [0.4, 0.5) is 5.69 Å². The molecule has 142 valence electrons. The van der Waals surface area contributed by atoms with Crippen LogP contribution < -0.4 is 25.0 Å². The number of aryl methyl sites for hydroxylation is 1. The lowest BCUT2D eigenvalue weighted by molar-refractivity contribution is -0.136. The first kappa shape index (κ1) is 19.8. The number of ether oxygens (including phenoxy) is 3. The molecule has 2 aromatic rings. The first-order valence-electron chi connectivity index (χ1n) is 7.99. The second-order valence-electron chi connectivity index (χ2n) is 5.48. The summed E-state index contributed by atoms with van der Waals surface area (Å²) in [6.45, 7) is 1.89. The number of nitrogens with zero attached hydrogens (tertiary/aromatic N) is 1. The molecular formula is C19H21N3O5. The van der Waals surface area contributed by atoms with Gasteiger partial charge in [-0.05, 0) is 36.8 Å². The van der Waals surface area contributed by atoms with Crippen LogP contribution in [0.1, 0.15) is 11.1 Å². The molecule has 2 rings (SSSR count). The molecule has 0 aliphatic heterocycles. The normalized spacial score (nSPS) is 10.4. The molecule has 27 heavy (non-hydrogen) atoms. The summed E-state index contributed by atoms with van der Waals surface area (Å²) < 4.78 is 15.7. The van der Waals surface area contributed by atoms with Crippen molar-refractivity contribution in [2.24, 2.45) is 5.10 Å². The molecule has 2 aromatic carbocycles. The van der Waals surface area contributed by atoms with Crippen molar-refractivity contribution >= 4 is 23.7 Å². The number of carbonyl (C=O) groups is 2. The van der Waals surface area contributed by atoms with E-state index in [1.165, 1.54) is 27.5 Å². The molecule has 0 aliphatic carbocycles. The zero-order valence-corrected chi connectivity index (χ0v) is 15.5. The lowest BCUT2D eigenvalue weighted by atomic mass is 10.2. The average Bonchev–Trinajstić information content (AvgIpc) is 2.66. The zero-order chi connectivity index (χ0) is 19.8. The number of hydrogen-bond donors (Lipinski definition) is 2. The van der Waals surface area contributed by atoms with Crippen LogP contribution >= 0.6 is 0 Å². The van der Waals surface area contributed by atoms with Crippen LogP contribution in [0.3, 0.4) is 0 Å². The quantitative estimate of drug-likeness (QED) is 0.460. The van der Waals surface area contributed by atoms with Crippen molar-refractivity contribution in [1.29, 1.82) is 0 Å². The van der Waals surface area contributed by atoms with E-state index in [0.29, 0.717) is 28.5 Å². The van der Waals surface area contributed by atoms with Gasteiger partial charge in [0, 0.05) is 11.3 Å². The maximum atomic E-state index is 11.9. The molecule has 0 saturated heterocycles. The molecule has 2 N–H and O–H groups in total. The maximum Gasteiger partial charge on any atom is 0.329 e. The molecule has 2 amide bonds. The molecule has 0 radical (unpaired) electrons. The van der Waals surface area contributed by atoms with E-state index >= 15 is 0 Å². The number of rotatable bonds is 6. The summed E-state index contributed by atoms with van der Waals surface area (Å²) in [4.78, 5) is 23.8. The van der Waals surface area contributed by atoms with Gasteiger partial charge in [0.25, 0.3) is 0 Å². The standard InChI is InChI=1S/C19H21N3O5/c1-12-6-5-7-14(8-12)21-18(23)19(24)22-20-11-13-9-15(25-2)17(27-4)16(10-13)26-3/h5-11H,1-4H3,(H,21,23)(H,22,24). The minimum atomic E-state index is -0.889. The van der Waals surface area contributed by atoms with Crippen LogP contribution in [0.5, 0.6) is 17.2 Å². The van der Waals surface area contributed by atoms with Crippen molar-refractivity contribution in [3.8, 4) is 17.2 Å². The van der Waals surface area contributed by atoms with Crippen LogP contribution in [0.2, 0.25) is 0 Å². The molecule has 0 heterocycles. The molecule has 0 unspecified atom stereocenters. The molecular weight excluding hydrogens is 350 g/mol. The molecule has 0 bridgehead atoms. The Labute approximate surface area is 157 Å². The minimum Gasteiger partial charge on any atom is -0.493 e. The number of amides is 2. The number of hydrogen-bond acceptors (Lipinski definition) is 6. The summed E-state index contributed by atoms with van der Waals surface area (Å²) in [7, 11) is 4.49. The van der Waals surface area contributed by atoms with Crippen molar-refractivity contribution in [1.82, 2.24) is 5.43 Å². The van der Waals surface area contributed by atoms with Crippen molar-refractivity contribution in [3.63, 3.8) is 0 Å². The second kappa shape index (κ2) is 9.23. The molecule has 0 aliphatic rings. The Balaban J connectivity index is 2.03. The third kappa shape index (κ3) is 5.21. The van der Waals surface area contributed by atoms with Crippen molar-refractivity contribution in [3.05, 3.63) is 47.5 Å². The number of nitrogens with one attached hydrogen (secondary N) is 2. The molecule has 0 fully saturated rings. The molecule has 0 spiro atoms. The van der Waals surface area contributed by atoms with Gasteiger partial charge in [-0.25, -0.2) is 5.43 Å². The Morgan fingerprint density at radius 1 is 0.963 bits per heavy atom. The fraction of sp³-hybridized carbons (Fsp3) is 0.211. The van der Waals surface area contributed by atoms with Crippen LogP contribution in [0.15, 0.2) is 41.5 Å². The smallest absolute Gasteiger partial charge is 0.329 e. The number of carbonyl (C=O) groups excluding carboxylic acids is 2. The zero-order valence-electron chi connectivity index (χ0n) is 15.5. The third-order valence-corrected chi connectivity index (χ3v) is 3.55. The van der Waals surface area contributed by atoms with Crippen LogP contribution in [-0.2, 0) is 9.59 Å². The number of benzene rings is 2. The molecule has 8 nitrogen and oxygen atoms in total. The minimum absolute atomic E-state index is 0.443. The van der Waals surface area contributed by atoms with Crippen LogP contribution in [-0.4, -0.2) is 39.4 Å². The number of hydrazone groups is 1. The monoisotopic (exact) mass is 371 g/mol. The third-order valence-electron chi connectivity index (χ3n) is 3.55. The Kier molecular flexibility index (Phi) is 6.76. The molecule has 8 heteroatoms. The average molecular weight is 371 g/mol.